The van der Waals surface area contributed by atoms with Crippen molar-refractivity contribution in [2.45, 2.75) is 6.61 Å². The first-order valence-electron chi connectivity index (χ1n) is 5.58. The number of nitrogens with one attached hydrogen (secondary N) is 1. The molecule has 0 radical (unpaired) electrons. The van der Waals surface area contributed by atoms with E-state index < -0.39 is 0 Å². The van der Waals surface area contributed by atoms with E-state index in [-0.39, 0.29) is 0 Å². The average Bonchev–Trinajstić information content (AvgIpc) is 2.46. The lowest BCUT2D eigenvalue weighted by molar-refractivity contribution is 0.280. The van der Waals surface area contributed by atoms with Gasteiger partial charge < -0.3 is 14.8 Å². The quantitative estimate of drug-likeness (QED) is 0.874. The first-order valence-corrected chi connectivity index (χ1v) is 5.58. The Kier molecular flexibility index (Phi) is 3.96. The van der Waals surface area contributed by atoms with Crippen LogP contribution in [0.4, 0.5) is 5.82 Å². The second-order valence-corrected chi connectivity index (χ2v) is 3.58. The van der Waals surface area contributed by atoms with Gasteiger partial charge in [0.05, 0.1) is 25.2 Å². The molecule has 2 rings (SSSR count). The molecule has 0 bridgehead atoms. The number of hydrogen-bond acceptors (Lipinski definition) is 5. The van der Waals surface area contributed by atoms with Gasteiger partial charge in [0.25, 0.3) is 0 Å². The maximum absolute atomic E-state index is 5.64. The molecular formula is C13H15N3O2. The first kappa shape index (κ1) is 12.2. The predicted molar refractivity (Wildman–Crippen MR) is 68.9 cm³/mol. The highest BCUT2D eigenvalue weighted by atomic mass is 16.5. The van der Waals surface area contributed by atoms with Gasteiger partial charge in [0.1, 0.15) is 12.4 Å². The van der Waals surface area contributed by atoms with Crippen LogP contribution in [0.15, 0.2) is 36.7 Å². The highest BCUT2D eigenvalue weighted by molar-refractivity contribution is 5.39. The second kappa shape index (κ2) is 5.86. The number of methoxy groups -OCH3 is 1. The average molecular weight is 245 g/mol. The molecule has 1 N–H and O–H groups in total. The van der Waals surface area contributed by atoms with Crippen molar-refractivity contribution < 1.29 is 9.47 Å². The molecule has 0 saturated carbocycles. The van der Waals surface area contributed by atoms with E-state index in [4.69, 9.17) is 9.47 Å². The van der Waals surface area contributed by atoms with Gasteiger partial charge in [0, 0.05) is 7.05 Å². The summed E-state index contributed by atoms with van der Waals surface area (Å²) in [7, 11) is 3.42. The van der Waals surface area contributed by atoms with Crippen LogP contribution in [0.3, 0.4) is 0 Å². The van der Waals surface area contributed by atoms with Crippen LogP contribution in [0, 0.1) is 0 Å². The number of aromatic nitrogens is 2. The van der Waals surface area contributed by atoms with Gasteiger partial charge >= 0.3 is 0 Å². The van der Waals surface area contributed by atoms with Crippen molar-refractivity contribution in [2.24, 2.45) is 0 Å². The summed E-state index contributed by atoms with van der Waals surface area (Å²) in [5, 5.41) is 2.91. The van der Waals surface area contributed by atoms with E-state index in [1.165, 1.54) is 0 Å². The third kappa shape index (κ3) is 2.88. The molecule has 94 valence electrons. The Morgan fingerprint density at radius 2 is 1.89 bits per heavy atom. The Hall–Kier alpha value is -2.30. The molecule has 0 fully saturated rings. The van der Waals surface area contributed by atoms with Crippen LogP contribution in [-0.4, -0.2) is 24.1 Å². The number of anilines is 1. The smallest absolute Gasteiger partial charge is 0.161 e. The molecule has 0 aliphatic heterocycles. The summed E-state index contributed by atoms with van der Waals surface area (Å²) in [5.41, 5.74) is 0.764. The van der Waals surface area contributed by atoms with Crippen molar-refractivity contribution in [1.82, 2.24) is 9.97 Å². The topological polar surface area (TPSA) is 56.3 Å². The molecule has 2 aromatic rings. The zero-order chi connectivity index (χ0) is 12.8. The number of benzene rings is 1. The van der Waals surface area contributed by atoms with Gasteiger partial charge in [-0.15, -0.1) is 0 Å². The minimum atomic E-state index is 0.358. The van der Waals surface area contributed by atoms with Crippen molar-refractivity contribution in [3.8, 4) is 11.5 Å². The van der Waals surface area contributed by atoms with Crippen LogP contribution in [-0.2, 0) is 6.61 Å². The molecule has 5 nitrogen and oxygen atoms in total. The summed E-state index contributed by atoms with van der Waals surface area (Å²) in [6, 6.07) is 7.50. The highest BCUT2D eigenvalue weighted by Crippen LogP contribution is 2.26. The predicted octanol–water partition coefficient (Wildman–Crippen LogP) is 2.11. The minimum Gasteiger partial charge on any atom is -0.493 e. The van der Waals surface area contributed by atoms with E-state index in [0.29, 0.717) is 18.1 Å². The van der Waals surface area contributed by atoms with E-state index in [9.17, 15) is 0 Å². The first-order chi connectivity index (χ1) is 8.83. The molecule has 0 atom stereocenters. The Morgan fingerprint density at radius 1 is 1.11 bits per heavy atom. The summed E-state index contributed by atoms with van der Waals surface area (Å²) < 4.78 is 10.8. The lowest BCUT2D eigenvalue weighted by Gasteiger charge is -2.09. The molecule has 0 aliphatic rings. The SMILES string of the molecule is CNc1cnc(COc2ccccc2OC)cn1. The molecule has 1 aromatic carbocycles. The molecule has 5 heteroatoms. The number of ether oxygens (including phenoxy) is 2. The van der Waals surface area contributed by atoms with E-state index in [2.05, 4.69) is 15.3 Å². The summed E-state index contributed by atoms with van der Waals surface area (Å²) in [6.45, 7) is 0.358. The zero-order valence-corrected chi connectivity index (χ0v) is 10.4. The Balaban J connectivity index is 2.02. The summed E-state index contributed by atoms with van der Waals surface area (Å²) >= 11 is 0. The van der Waals surface area contributed by atoms with Crippen LogP contribution in [0.5, 0.6) is 11.5 Å². The van der Waals surface area contributed by atoms with Crippen molar-refractivity contribution in [3.05, 3.63) is 42.4 Å². The Bertz CT molecular complexity index is 500. The van der Waals surface area contributed by atoms with E-state index in [1.807, 2.05) is 24.3 Å². The van der Waals surface area contributed by atoms with Crippen LogP contribution in [0.2, 0.25) is 0 Å². The fourth-order valence-corrected chi connectivity index (χ4v) is 1.45. The van der Waals surface area contributed by atoms with Crippen LogP contribution in [0.1, 0.15) is 5.69 Å². The van der Waals surface area contributed by atoms with Crippen LogP contribution < -0.4 is 14.8 Å². The van der Waals surface area contributed by atoms with E-state index in [1.54, 1.807) is 26.6 Å². The Labute approximate surface area is 106 Å². The van der Waals surface area contributed by atoms with Gasteiger partial charge in [-0.3, -0.25) is 4.98 Å². The van der Waals surface area contributed by atoms with Gasteiger partial charge in [-0.25, -0.2) is 4.98 Å². The van der Waals surface area contributed by atoms with Crippen molar-refractivity contribution in [3.63, 3.8) is 0 Å². The van der Waals surface area contributed by atoms with Gasteiger partial charge in [-0.2, -0.15) is 0 Å². The molecule has 0 spiro atoms. The third-order valence-corrected chi connectivity index (χ3v) is 2.41. The molecule has 1 aromatic heterocycles. The van der Waals surface area contributed by atoms with Gasteiger partial charge in [0.2, 0.25) is 0 Å². The normalized spacial score (nSPS) is 9.89. The number of para-hydroxylation sites is 2. The molecule has 0 aliphatic carbocycles. The second-order valence-electron chi connectivity index (χ2n) is 3.58. The van der Waals surface area contributed by atoms with Gasteiger partial charge in [-0.1, -0.05) is 12.1 Å². The minimum absolute atomic E-state index is 0.358. The van der Waals surface area contributed by atoms with Gasteiger partial charge in [0.15, 0.2) is 11.5 Å². The lowest BCUT2D eigenvalue weighted by Crippen LogP contribution is -2.01. The summed E-state index contributed by atoms with van der Waals surface area (Å²) in [5.74, 6) is 2.13. The van der Waals surface area contributed by atoms with Crippen LogP contribution in [0.25, 0.3) is 0 Å². The number of rotatable bonds is 5. The number of nitrogens with zero attached hydrogens (tertiary/aromatic N) is 2. The molecule has 1 heterocycles. The third-order valence-electron chi connectivity index (χ3n) is 2.41. The standard InChI is InChI=1S/C13H15N3O2/c1-14-13-8-15-10(7-16-13)9-18-12-6-4-3-5-11(12)17-2/h3-8H,9H2,1-2H3,(H,14,16). The monoisotopic (exact) mass is 245 g/mol. The summed E-state index contributed by atoms with van der Waals surface area (Å²) in [4.78, 5) is 8.40. The van der Waals surface area contributed by atoms with Crippen molar-refractivity contribution in [2.75, 3.05) is 19.5 Å². The van der Waals surface area contributed by atoms with Gasteiger partial charge in [-0.05, 0) is 12.1 Å². The van der Waals surface area contributed by atoms with Crippen molar-refractivity contribution in [1.29, 1.82) is 0 Å². The molecule has 0 saturated heterocycles. The molecule has 0 amide bonds. The molecular weight excluding hydrogens is 230 g/mol. The highest BCUT2D eigenvalue weighted by Gasteiger charge is 2.03. The molecule has 0 unspecified atom stereocenters. The van der Waals surface area contributed by atoms with Crippen LogP contribution >= 0.6 is 0 Å². The number of hydrogen-bond donors (Lipinski definition) is 1. The maximum Gasteiger partial charge on any atom is 0.161 e. The van der Waals surface area contributed by atoms with E-state index in [0.717, 1.165) is 11.5 Å². The lowest BCUT2D eigenvalue weighted by atomic mass is 10.3. The fourth-order valence-electron chi connectivity index (χ4n) is 1.45. The maximum atomic E-state index is 5.64. The zero-order valence-electron chi connectivity index (χ0n) is 10.4. The van der Waals surface area contributed by atoms with E-state index >= 15 is 0 Å². The fraction of sp³-hybridized carbons (Fsp3) is 0.231. The summed E-state index contributed by atoms with van der Waals surface area (Å²) in [6.07, 6.45) is 3.35. The largest absolute Gasteiger partial charge is 0.493 e. The molecule has 18 heavy (non-hydrogen) atoms. The Morgan fingerprint density at radius 3 is 2.50 bits per heavy atom. The van der Waals surface area contributed by atoms with Crippen molar-refractivity contribution >= 4 is 5.82 Å².